The van der Waals surface area contributed by atoms with Crippen molar-refractivity contribution < 1.29 is 9.52 Å². The van der Waals surface area contributed by atoms with Crippen LogP contribution in [0, 0.1) is 0 Å². The minimum absolute atomic E-state index is 0.204. The van der Waals surface area contributed by atoms with Crippen LogP contribution in [0.2, 0.25) is 0 Å². The number of benzene rings is 2. The van der Waals surface area contributed by atoms with Gasteiger partial charge in [-0.2, -0.15) is 0 Å². The Bertz CT molecular complexity index is 641. The second-order valence-corrected chi connectivity index (χ2v) is 4.21. The van der Waals surface area contributed by atoms with E-state index in [1.165, 1.54) is 11.8 Å². The molecular formula is C16H17NO2. The summed E-state index contributed by atoms with van der Waals surface area (Å²) in [6.45, 7) is 2.13. The summed E-state index contributed by atoms with van der Waals surface area (Å²) in [4.78, 5) is 0. The Balaban J connectivity index is 0.000000141. The number of aromatic hydroxyl groups is 1. The normalized spacial score (nSPS) is 9.95. The van der Waals surface area contributed by atoms with Crippen LogP contribution in [0.4, 0.5) is 5.69 Å². The van der Waals surface area contributed by atoms with Gasteiger partial charge in [0.2, 0.25) is 0 Å². The maximum absolute atomic E-state index is 9.12. The van der Waals surface area contributed by atoms with Gasteiger partial charge in [0.05, 0.1) is 5.39 Å². The molecule has 0 spiro atoms. The van der Waals surface area contributed by atoms with E-state index in [9.17, 15) is 0 Å². The molecule has 0 saturated heterocycles. The third kappa shape index (κ3) is 3.28. The zero-order chi connectivity index (χ0) is 13.7. The zero-order valence-corrected chi connectivity index (χ0v) is 10.8. The van der Waals surface area contributed by atoms with Gasteiger partial charge in [-0.25, -0.2) is 0 Å². The number of para-hydroxylation sites is 1. The monoisotopic (exact) mass is 255 g/mol. The highest BCUT2D eigenvalue weighted by Crippen LogP contribution is 2.25. The van der Waals surface area contributed by atoms with Crippen LogP contribution in [0.5, 0.6) is 5.75 Å². The van der Waals surface area contributed by atoms with Crippen LogP contribution in [-0.4, -0.2) is 5.11 Å². The van der Waals surface area contributed by atoms with Gasteiger partial charge in [0.15, 0.2) is 5.75 Å². The van der Waals surface area contributed by atoms with Gasteiger partial charge < -0.3 is 15.3 Å². The van der Waals surface area contributed by atoms with E-state index in [1.807, 2.05) is 36.4 Å². The molecule has 2 aromatic carbocycles. The minimum atomic E-state index is 0.204. The van der Waals surface area contributed by atoms with Crippen molar-refractivity contribution in [1.29, 1.82) is 0 Å². The lowest BCUT2D eigenvalue weighted by Crippen LogP contribution is -1.84. The van der Waals surface area contributed by atoms with Crippen molar-refractivity contribution in [3.8, 4) is 5.75 Å². The largest absolute Gasteiger partial charge is 0.504 e. The number of hydrogen-bond donors (Lipinski definition) is 2. The second-order valence-electron chi connectivity index (χ2n) is 4.21. The van der Waals surface area contributed by atoms with Crippen molar-refractivity contribution in [2.75, 3.05) is 5.73 Å². The standard InChI is InChI=1S/C8H11N.C8H6O2/c1-2-7-3-5-8(9)6-4-7;9-7-5-10-8-4-2-1-3-6(7)8/h3-6H,2,9H2,1H3;1-5,9H. The number of fused-ring (bicyclic) bond motifs is 1. The molecule has 0 saturated carbocycles. The molecule has 3 rings (SSSR count). The van der Waals surface area contributed by atoms with Crippen LogP contribution in [0.1, 0.15) is 12.5 Å². The summed E-state index contributed by atoms with van der Waals surface area (Å²) in [7, 11) is 0. The first-order valence-corrected chi connectivity index (χ1v) is 6.20. The highest BCUT2D eigenvalue weighted by molar-refractivity contribution is 5.83. The number of nitrogen functional groups attached to an aromatic ring is 1. The van der Waals surface area contributed by atoms with Crippen molar-refractivity contribution >= 4 is 16.7 Å². The smallest absolute Gasteiger partial charge is 0.161 e. The van der Waals surface area contributed by atoms with Gasteiger partial charge in [0, 0.05) is 5.69 Å². The predicted octanol–water partition coefficient (Wildman–Crippen LogP) is 3.97. The first kappa shape index (κ1) is 13.0. The van der Waals surface area contributed by atoms with Crippen LogP contribution in [0.15, 0.2) is 59.2 Å². The van der Waals surface area contributed by atoms with E-state index in [2.05, 4.69) is 19.1 Å². The topological polar surface area (TPSA) is 59.4 Å². The van der Waals surface area contributed by atoms with E-state index in [0.717, 1.165) is 23.1 Å². The molecule has 98 valence electrons. The van der Waals surface area contributed by atoms with Crippen molar-refractivity contribution in [1.82, 2.24) is 0 Å². The van der Waals surface area contributed by atoms with Crippen molar-refractivity contribution in [2.24, 2.45) is 0 Å². The van der Waals surface area contributed by atoms with Gasteiger partial charge in [-0.15, -0.1) is 0 Å². The van der Waals surface area contributed by atoms with E-state index in [0.29, 0.717) is 0 Å². The quantitative estimate of drug-likeness (QED) is 0.647. The molecule has 0 aliphatic rings. The molecule has 0 fully saturated rings. The van der Waals surface area contributed by atoms with E-state index < -0.39 is 0 Å². The zero-order valence-electron chi connectivity index (χ0n) is 10.8. The van der Waals surface area contributed by atoms with Crippen LogP contribution in [0.3, 0.4) is 0 Å². The van der Waals surface area contributed by atoms with E-state index in [1.54, 1.807) is 0 Å². The van der Waals surface area contributed by atoms with E-state index in [-0.39, 0.29) is 5.75 Å². The fourth-order valence-corrected chi connectivity index (χ4v) is 1.72. The molecule has 3 N–H and O–H groups in total. The van der Waals surface area contributed by atoms with Crippen molar-refractivity contribution in [2.45, 2.75) is 13.3 Å². The molecule has 0 radical (unpaired) electrons. The highest BCUT2D eigenvalue weighted by Gasteiger charge is 1.99. The average molecular weight is 255 g/mol. The molecule has 0 aliphatic heterocycles. The summed E-state index contributed by atoms with van der Waals surface area (Å²) in [5.41, 5.74) is 8.38. The van der Waals surface area contributed by atoms with Gasteiger partial charge in [0.25, 0.3) is 0 Å². The molecule has 19 heavy (non-hydrogen) atoms. The Kier molecular flexibility index (Phi) is 4.08. The predicted molar refractivity (Wildman–Crippen MR) is 78.1 cm³/mol. The number of rotatable bonds is 1. The van der Waals surface area contributed by atoms with E-state index in [4.69, 9.17) is 15.3 Å². The number of furan rings is 1. The first-order valence-electron chi connectivity index (χ1n) is 6.20. The molecule has 3 aromatic rings. The third-order valence-electron chi connectivity index (χ3n) is 2.85. The molecule has 0 aliphatic carbocycles. The summed E-state index contributed by atoms with van der Waals surface area (Å²) in [6.07, 6.45) is 2.42. The molecule has 0 unspecified atom stereocenters. The summed E-state index contributed by atoms with van der Waals surface area (Å²) in [5, 5.41) is 9.88. The lowest BCUT2D eigenvalue weighted by atomic mass is 10.2. The lowest BCUT2D eigenvalue weighted by molar-refractivity contribution is 0.464. The summed E-state index contributed by atoms with van der Waals surface area (Å²) >= 11 is 0. The van der Waals surface area contributed by atoms with Crippen molar-refractivity contribution in [3.05, 3.63) is 60.4 Å². The van der Waals surface area contributed by atoms with Crippen LogP contribution in [0.25, 0.3) is 11.0 Å². The SMILES string of the molecule is CCc1ccc(N)cc1.Oc1coc2ccccc12. The number of anilines is 1. The lowest BCUT2D eigenvalue weighted by Gasteiger charge is -1.94. The summed E-state index contributed by atoms with van der Waals surface area (Å²) in [6, 6.07) is 15.3. The molecular weight excluding hydrogens is 238 g/mol. The fraction of sp³-hybridized carbons (Fsp3) is 0.125. The van der Waals surface area contributed by atoms with Gasteiger partial charge in [0.1, 0.15) is 11.8 Å². The maximum atomic E-state index is 9.12. The highest BCUT2D eigenvalue weighted by atomic mass is 16.4. The Morgan fingerprint density at radius 2 is 1.74 bits per heavy atom. The maximum Gasteiger partial charge on any atom is 0.161 e. The fourth-order valence-electron chi connectivity index (χ4n) is 1.72. The van der Waals surface area contributed by atoms with E-state index >= 15 is 0 Å². The molecule has 0 atom stereocenters. The molecule has 1 aromatic heterocycles. The molecule has 0 amide bonds. The Morgan fingerprint density at radius 3 is 2.37 bits per heavy atom. The van der Waals surface area contributed by atoms with Gasteiger partial charge in [-0.1, -0.05) is 31.2 Å². The summed E-state index contributed by atoms with van der Waals surface area (Å²) in [5.74, 6) is 0.204. The second kappa shape index (κ2) is 5.96. The van der Waals surface area contributed by atoms with Crippen LogP contribution in [-0.2, 0) is 6.42 Å². The van der Waals surface area contributed by atoms with Gasteiger partial charge in [-0.05, 0) is 36.2 Å². The first-order chi connectivity index (χ1) is 9.20. The Morgan fingerprint density at radius 1 is 1.05 bits per heavy atom. The Labute approximate surface area is 112 Å². The molecule has 1 heterocycles. The summed E-state index contributed by atoms with van der Waals surface area (Å²) < 4.78 is 5.00. The minimum Gasteiger partial charge on any atom is -0.504 e. The van der Waals surface area contributed by atoms with Gasteiger partial charge in [-0.3, -0.25) is 0 Å². The number of hydrogen-bond acceptors (Lipinski definition) is 3. The third-order valence-corrected chi connectivity index (χ3v) is 2.85. The average Bonchev–Trinajstić information content (AvgIpc) is 2.83. The van der Waals surface area contributed by atoms with Crippen LogP contribution >= 0.6 is 0 Å². The van der Waals surface area contributed by atoms with Crippen LogP contribution < -0.4 is 5.73 Å². The molecule has 3 heteroatoms. The molecule has 3 nitrogen and oxygen atoms in total. The Hall–Kier alpha value is -2.42. The molecule has 0 bridgehead atoms. The number of nitrogens with two attached hydrogens (primary N) is 1. The number of aryl methyl sites for hydroxylation is 1. The van der Waals surface area contributed by atoms with Gasteiger partial charge >= 0.3 is 0 Å². The van der Waals surface area contributed by atoms with Crippen molar-refractivity contribution in [3.63, 3.8) is 0 Å².